The highest BCUT2D eigenvalue weighted by Crippen LogP contribution is 2.12. The Bertz CT molecular complexity index is 395. The van der Waals surface area contributed by atoms with Crippen LogP contribution in [0.3, 0.4) is 0 Å². The minimum Gasteiger partial charge on any atom is -0.361 e. The van der Waals surface area contributed by atoms with Gasteiger partial charge < -0.3 is 10.6 Å². The van der Waals surface area contributed by atoms with Crippen molar-refractivity contribution in [2.24, 2.45) is 0 Å². The maximum Gasteiger partial charge on any atom is 0.166 e. The summed E-state index contributed by atoms with van der Waals surface area (Å²) in [5.41, 5.74) is 3.52. The quantitative estimate of drug-likeness (QED) is 0.805. The van der Waals surface area contributed by atoms with E-state index in [9.17, 15) is 0 Å². The van der Waals surface area contributed by atoms with Crippen molar-refractivity contribution in [3.05, 3.63) is 17.0 Å². The average molecular weight is 254 g/mol. The molecule has 0 radical (unpaired) electrons. The third-order valence-electron chi connectivity index (χ3n) is 2.68. The molecule has 0 amide bonds. The van der Waals surface area contributed by atoms with Crippen LogP contribution in [0.15, 0.2) is 0 Å². The highest BCUT2D eigenvalue weighted by Gasteiger charge is 2.10. The van der Waals surface area contributed by atoms with Crippen LogP contribution in [0.25, 0.3) is 0 Å². The number of thiocarbonyl (C=S) groups is 1. The van der Waals surface area contributed by atoms with E-state index >= 15 is 0 Å². The lowest BCUT2D eigenvalue weighted by Crippen LogP contribution is -2.38. The van der Waals surface area contributed by atoms with Crippen LogP contribution in [-0.2, 0) is 13.1 Å². The van der Waals surface area contributed by atoms with E-state index in [1.54, 1.807) is 0 Å². The summed E-state index contributed by atoms with van der Waals surface area (Å²) in [5.74, 6) is 0. The Kier molecular flexibility index (Phi) is 4.93. The van der Waals surface area contributed by atoms with Crippen molar-refractivity contribution in [3.63, 3.8) is 0 Å². The van der Waals surface area contributed by atoms with E-state index in [-0.39, 0.29) is 0 Å². The van der Waals surface area contributed by atoms with Crippen molar-refractivity contribution in [2.75, 3.05) is 0 Å². The fourth-order valence-corrected chi connectivity index (χ4v) is 2.09. The van der Waals surface area contributed by atoms with E-state index in [1.165, 1.54) is 11.3 Å². The van der Waals surface area contributed by atoms with Crippen LogP contribution in [0.5, 0.6) is 0 Å². The molecule has 0 bridgehead atoms. The van der Waals surface area contributed by atoms with Gasteiger partial charge in [0.25, 0.3) is 0 Å². The first kappa shape index (κ1) is 14.0. The van der Waals surface area contributed by atoms with Gasteiger partial charge in [0.05, 0.1) is 5.69 Å². The van der Waals surface area contributed by atoms with Crippen LogP contribution < -0.4 is 10.6 Å². The molecule has 0 saturated carbocycles. The van der Waals surface area contributed by atoms with Gasteiger partial charge in [-0.2, -0.15) is 5.10 Å². The van der Waals surface area contributed by atoms with E-state index in [0.29, 0.717) is 11.2 Å². The smallest absolute Gasteiger partial charge is 0.166 e. The molecule has 0 atom stereocenters. The summed E-state index contributed by atoms with van der Waals surface area (Å²) in [4.78, 5) is 0. The van der Waals surface area contributed by atoms with E-state index < -0.39 is 0 Å². The van der Waals surface area contributed by atoms with Crippen LogP contribution in [-0.4, -0.2) is 20.9 Å². The monoisotopic (exact) mass is 254 g/mol. The largest absolute Gasteiger partial charge is 0.361 e. The van der Waals surface area contributed by atoms with Gasteiger partial charge in [0.15, 0.2) is 5.11 Å². The van der Waals surface area contributed by atoms with Gasteiger partial charge in [-0.15, -0.1) is 0 Å². The second-order valence-electron chi connectivity index (χ2n) is 4.45. The summed E-state index contributed by atoms with van der Waals surface area (Å²) in [7, 11) is 0. The Balaban J connectivity index is 2.63. The molecule has 1 aromatic heterocycles. The number of aromatic nitrogens is 2. The summed E-state index contributed by atoms with van der Waals surface area (Å²) < 4.78 is 2.02. The SMILES string of the molecule is CCn1nc(C)c(CNC(=S)NC(C)C)c1C. The summed E-state index contributed by atoms with van der Waals surface area (Å²) in [6, 6.07) is 0.357. The second-order valence-corrected chi connectivity index (χ2v) is 4.86. The lowest BCUT2D eigenvalue weighted by atomic mass is 10.2. The Morgan fingerprint density at radius 3 is 2.53 bits per heavy atom. The summed E-state index contributed by atoms with van der Waals surface area (Å²) in [6.07, 6.45) is 0. The number of nitrogens with one attached hydrogen (secondary N) is 2. The highest BCUT2D eigenvalue weighted by atomic mass is 32.1. The molecule has 1 rings (SSSR count). The van der Waals surface area contributed by atoms with Gasteiger partial charge in [-0.25, -0.2) is 0 Å². The zero-order valence-corrected chi connectivity index (χ0v) is 12.1. The molecular weight excluding hydrogens is 232 g/mol. The molecular formula is C12H22N4S. The van der Waals surface area contributed by atoms with Crippen molar-refractivity contribution >= 4 is 17.3 Å². The zero-order chi connectivity index (χ0) is 13.0. The van der Waals surface area contributed by atoms with Crippen LogP contribution in [0.2, 0.25) is 0 Å². The zero-order valence-electron chi connectivity index (χ0n) is 11.3. The minimum atomic E-state index is 0.357. The van der Waals surface area contributed by atoms with Gasteiger partial charge in [0.2, 0.25) is 0 Å². The van der Waals surface area contributed by atoms with Crippen molar-refractivity contribution < 1.29 is 0 Å². The molecule has 4 nitrogen and oxygen atoms in total. The van der Waals surface area contributed by atoms with Gasteiger partial charge in [0.1, 0.15) is 0 Å². The Morgan fingerprint density at radius 1 is 1.41 bits per heavy atom. The first-order valence-electron chi connectivity index (χ1n) is 6.03. The number of rotatable bonds is 4. The van der Waals surface area contributed by atoms with Gasteiger partial charge in [-0.05, 0) is 46.8 Å². The minimum absolute atomic E-state index is 0.357. The van der Waals surface area contributed by atoms with Crippen molar-refractivity contribution in [3.8, 4) is 0 Å². The Morgan fingerprint density at radius 2 is 2.06 bits per heavy atom. The molecule has 0 saturated heterocycles. The topological polar surface area (TPSA) is 41.9 Å². The summed E-state index contributed by atoms with van der Waals surface area (Å²) in [6.45, 7) is 12.0. The standard InChI is InChI=1S/C12H22N4S/c1-6-16-10(5)11(9(4)15-16)7-13-12(17)14-8(2)3/h8H,6-7H2,1-5H3,(H2,13,14,17). The van der Waals surface area contributed by atoms with E-state index in [0.717, 1.165) is 18.8 Å². The fraction of sp³-hybridized carbons (Fsp3) is 0.667. The molecule has 0 spiro atoms. The Labute approximate surface area is 109 Å². The molecule has 0 aliphatic carbocycles. The van der Waals surface area contributed by atoms with Crippen LogP contribution in [0.1, 0.15) is 37.7 Å². The lowest BCUT2D eigenvalue weighted by Gasteiger charge is -2.13. The van der Waals surface area contributed by atoms with Crippen LogP contribution in [0.4, 0.5) is 0 Å². The van der Waals surface area contributed by atoms with Gasteiger partial charge >= 0.3 is 0 Å². The molecule has 1 aromatic rings. The lowest BCUT2D eigenvalue weighted by molar-refractivity contribution is 0.633. The fourth-order valence-electron chi connectivity index (χ4n) is 1.78. The van der Waals surface area contributed by atoms with Gasteiger partial charge in [-0.1, -0.05) is 0 Å². The molecule has 5 heteroatoms. The highest BCUT2D eigenvalue weighted by molar-refractivity contribution is 7.80. The van der Waals surface area contributed by atoms with Crippen molar-refractivity contribution in [2.45, 2.75) is 53.8 Å². The van der Waals surface area contributed by atoms with E-state index in [4.69, 9.17) is 12.2 Å². The van der Waals surface area contributed by atoms with Gasteiger partial charge in [-0.3, -0.25) is 4.68 Å². The third-order valence-corrected chi connectivity index (χ3v) is 2.94. The Hall–Kier alpha value is -1.10. The van der Waals surface area contributed by atoms with E-state index in [2.05, 4.69) is 43.4 Å². The molecule has 0 unspecified atom stereocenters. The molecule has 17 heavy (non-hydrogen) atoms. The predicted octanol–water partition coefficient (Wildman–Crippen LogP) is 1.89. The summed E-state index contributed by atoms with van der Waals surface area (Å²) >= 11 is 5.20. The predicted molar refractivity (Wildman–Crippen MR) is 75.1 cm³/mol. The summed E-state index contributed by atoms with van der Waals surface area (Å²) in [5, 5.41) is 11.6. The molecule has 96 valence electrons. The van der Waals surface area contributed by atoms with Crippen LogP contribution in [0, 0.1) is 13.8 Å². The number of hydrogen-bond donors (Lipinski definition) is 2. The number of hydrogen-bond acceptors (Lipinski definition) is 2. The van der Waals surface area contributed by atoms with Crippen LogP contribution >= 0.6 is 12.2 Å². The molecule has 0 aliphatic rings. The normalized spacial score (nSPS) is 10.7. The van der Waals surface area contributed by atoms with Crippen molar-refractivity contribution in [1.82, 2.24) is 20.4 Å². The van der Waals surface area contributed by atoms with Crippen molar-refractivity contribution in [1.29, 1.82) is 0 Å². The molecule has 1 heterocycles. The van der Waals surface area contributed by atoms with E-state index in [1.807, 2.05) is 11.6 Å². The first-order chi connectivity index (χ1) is 7.95. The first-order valence-corrected chi connectivity index (χ1v) is 6.43. The molecule has 2 N–H and O–H groups in total. The third kappa shape index (κ3) is 3.70. The molecule has 0 aliphatic heterocycles. The second kappa shape index (κ2) is 6.00. The maximum atomic E-state index is 5.20. The number of nitrogens with zero attached hydrogens (tertiary/aromatic N) is 2. The average Bonchev–Trinajstić information content (AvgIpc) is 2.50. The maximum absolute atomic E-state index is 5.20. The number of aryl methyl sites for hydroxylation is 2. The molecule has 0 fully saturated rings. The van der Waals surface area contributed by atoms with Gasteiger partial charge in [0, 0.05) is 30.4 Å². The molecule has 0 aromatic carbocycles.